The van der Waals surface area contributed by atoms with E-state index < -0.39 is 70.7 Å². The maximum atomic E-state index is 12.5. The van der Waals surface area contributed by atoms with Crippen molar-refractivity contribution in [1.29, 1.82) is 0 Å². The first-order valence-corrected chi connectivity index (χ1v) is 14.7. The van der Waals surface area contributed by atoms with Gasteiger partial charge in [0.05, 0.1) is 13.2 Å². The summed E-state index contributed by atoms with van der Waals surface area (Å²) in [6, 6.07) is 17.0. The number of anilines is 1. The van der Waals surface area contributed by atoms with Crippen molar-refractivity contribution in [1.82, 2.24) is 9.55 Å². The zero-order chi connectivity index (χ0) is 29.6. The number of aliphatic hydroxyl groups excluding tert-OH is 1. The lowest BCUT2D eigenvalue weighted by molar-refractivity contribution is -0.246. The molecule has 4 rings (SSSR count). The van der Waals surface area contributed by atoms with Crippen molar-refractivity contribution in [2.24, 2.45) is 0 Å². The number of aliphatic hydroxyl groups is 1. The van der Waals surface area contributed by atoms with Gasteiger partial charge >= 0.3 is 11.8 Å². The Labute approximate surface area is 231 Å². The van der Waals surface area contributed by atoms with Crippen LogP contribution in [-0.2, 0) is 38.6 Å². The molecule has 0 bridgehead atoms. The molecule has 3 unspecified atom stereocenters. The standard InChI is InChI=1S/C23H25N3O13P2/c27-18-11-12-26(22(29)25-18)21-20(38-23(30)24-16-9-5-2-6-10-16)19(28)17(37-21)14-36-41(33,34)39-40(31,32)35-13-15-7-3-1-4-8-15/h1-12,17,19-21,28H,13-14H2,(H,24,30)(H,31,32)(H,33,34)(H,25,27,29)/p-2/t17-,19+,20?,21-/m1/s1. The number of aromatic nitrogens is 2. The third kappa shape index (κ3) is 8.53. The molecule has 1 aliphatic heterocycles. The van der Waals surface area contributed by atoms with E-state index >= 15 is 0 Å². The Bertz CT molecular complexity index is 1550. The minimum Gasteiger partial charge on any atom is -0.756 e. The third-order valence-electron chi connectivity index (χ3n) is 5.53. The van der Waals surface area contributed by atoms with Crippen LogP contribution in [0.3, 0.4) is 0 Å². The molecule has 1 amide bonds. The maximum Gasteiger partial charge on any atom is 0.412 e. The number of amides is 1. The van der Waals surface area contributed by atoms with E-state index in [2.05, 4.69) is 18.7 Å². The topological polar surface area (TPSA) is 231 Å². The highest BCUT2D eigenvalue weighted by atomic mass is 31.3. The number of nitrogens with zero attached hydrogens (tertiary/aromatic N) is 1. The molecule has 1 aliphatic rings. The number of nitrogens with one attached hydrogen (secondary N) is 2. The largest absolute Gasteiger partial charge is 0.756 e. The van der Waals surface area contributed by atoms with Gasteiger partial charge in [0.15, 0.2) is 12.3 Å². The highest BCUT2D eigenvalue weighted by Crippen LogP contribution is 2.56. The van der Waals surface area contributed by atoms with Crippen LogP contribution in [0, 0.1) is 0 Å². The molecule has 16 nitrogen and oxygen atoms in total. The summed E-state index contributed by atoms with van der Waals surface area (Å²) < 4.78 is 49.1. The zero-order valence-electron chi connectivity index (χ0n) is 20.8. The highest BCUT2D eigenvalue weighted by molar-refractivity contribution is 7.59. The molecule has 0 radical (unpaired) electrons. The van der Waals surface area contributed by atoms with Crippen molar-refractivity contribution >= 4 is 27.4 Å². The van der Waals surface area contributed by atoms with Gasteiger partial charge in [-0.25, -0.2) is 13.9 Å². The lowest BCUT2D eigenvalue weighted by atomic mass is 10.1. The average molecular weight is 611 g/mol. The van der Waals surface area contributed by atoms with E-state index in [0.29, 0.717) is 11.3 Å². The number of aromatic amines is 1. The minimum atomic E-state index is -5.59. The summed E-state index contributed by atoms with van der Waals surface area (Å²) in [6.45, 7) is -1.53. The predicted octanol–water partition coefficient (Wildman–Crippen LogP) is 0.599. The van der Waals surface area contributed by atoms with Gasteiger partial charge in [-0.05, 0) is 17.7 Å². The van der Waals surface area contributed by atoms with Crippen molar-refractivity contribution < 1.29 is 51.6 Å². The van der Waals surface area contributed by atoms with Crippen LogP contribution in [0.5, 0.6) is 0 Å². The Morgan fingerprint density at radius 2 is 1.63 bits per heavy atom. The van der Waals surface area contributed by atoms with Crippen molar-refractivity contribution in [3.05, 3.63) is 99.3 Å². The maximum absolute atomic E-state index is 12.5. The third-order valence-corrected chi connectivity index (χ3v) is 8.04. The van der Waals surface area contributed by atoms with Gasteiger partial charge in [-0.3, -0.25) is 28.8 Å². The summed E-state index contributed by atoms with van der Waals surface area (Å²) in [5, 5.41) is 13.2. The van der Waals surface area contributed by atoms with Crippen LogP contribution in [0.1, 0.15) is 11.8 Å². The molecule has 0 spiro atoms. The molecule has 0 aliphatic carbocycles. The van der Waals surface area contributed by atoms with Gasteiger partial charge < -0.3 is 33.4 Å². The van der Waals surface area contributed by atoms with Crippen LogP contribution >= 0.6 is 15.6 Å². The number of carbonyl (C=O) groups is 1. The van der Waals surface area contributed by atoms with Crippen LogP contribution in [0.25, 0.3) is 0 Å². The Balaban J connectivity index is 1.44. The number of hydrogen-bond acceptors (Lipinski definition) is 13. The molecular formula is C23H23N3O13P2-2. The monoisotopic (exact) mass is 611 g/mol. The van der Waals surface area contributed by atoms with Gasteiger partial charge in [-0.15, -0.1) is 0 Å². The summed E-state index contributed by atoms with van der Waals surface area (Å²) in [5.41, 5.74) is -0.981. The summed E-state index contributed by atoms with van der Waals surface area (Å²) >= 11 is 0. The number of phosphoric acid groups is 2. The highest BCUT2D eigenvalue weighted by Gasteiger charge is 2.48. The molecule has 1 saturated heterocycles. The molecular weight excluding hydrogens is 588 g/mol. The lowest BCUT2D eigenvalue weighted by Crippen LogP contribution is -2.41. The second-order valence-corrected chi connectivity index (χ2v) is 11.4. The van der Waals surface area contributed by atoms with Crippen molar-refractivity contribution in [3.8, 4) is 0 Å². The number of benzene rings is 2. The molecule has 2 aromatic carbocycles. The fourth-order valence-corrected chi connectivity index (χ4v) is 5.68. The van der Waals surface area contributed by atoms with Gasteiger partial charge in [0.25, 0.3) is 21.2 Å². The first kappa shape index (κ1) is 30.5. The van der Waals surface area contributed by atoms with Crippen molar-refractivity contribution in [2.75, 3.05) is 11.9 Å². The molecule has 3 aromatic rings. The van der Waals surface area contributed by atoms with E-state index in [1.807, 2.05) is 4.98 Å². The van der Waals surface area contributed by atoms with E-state index in [4.69, 9.17) is 9.47 Å². The molecule has 220 valence electrons. The number of phosphoric ester groups is 2. The first-order valence-electron chi connectivity index (χ1n) is 11.8. The fourth-order valence-electron chi connectivity index (χ4n) is 3.69. The zero-order valence-corrected chi connectivity index (χ0v) is 22.6. The molecule has 1 fully saturated rings. The minimum absolute atomic E-state index is 0.338. The number of hydrogen-bond donors (Lipinski definition) is 3. The normalized spacial score (nSPS) is 23.3. The van der Waals surface area contributed by atoms with E-state index in [1.54, 1.807) is 48.5 Å². The summed E-state index contributed by atoms with van der Waals surface area (Å²) in [6.07, 6.45) is -6.62. The van der Waals surface area contributed by atoms with E-state index in [-0.39, 0.29) is 0 Å². The second kappa shape index (κ2) is 13.0. The molecule has 3 N–H and O–H groups in total. The van der Waals surface area contributed by atoms with Gasteiger partial charge in [0.1, 0.15) is 12.2 Å². The molecule has 6 atom stereocenters. The van der Waals surface area contributed by atoms with Gasteiger partial charge in [-0.1, -0.05) is 48.5 Å². The SMILES string of the molecule is O=C(Nc1ccccc1)OC1[C@@H](O)[C@@H](COP(=O)([O-])OP(=O)([O-])OCc2ccccc2)O[C@H]1n1ccc(=O)[nH]c1=O. The van der Waals surface area contributed by atoms with Crippen LogP contribution < -0.4 is 26.4 Å². The molecule has 2 heterocycles. The lowest BCUT2D eigenvalue weighted by Gasteiger charge is -2.31. The van der Waals surface area contributed by atoms with Crippen LogP contribution in [0.15, 0.2) is 82.5 Å². The number of ether oxygens (including phenoxy) is 2. The van der Waals surface area contributed by atoms with E-state index in [9.17, 15) is 38.4 Å². The van der Waals surface area contributed by atoms with Gasteiger partial charge in [0, 0.05) is 18.0 Å². The molecule has 1 aromatic heterocycles. The Kier molecular flexibility index (Phi) is 9.71. The number of rotatable bonds is 11. The Morgan fingerprint density at radius 3 is 2.29 bits per heavy atom. The van der Waals surface area contributed by atoms with Crippen molar-refractivity contribution in [3.63, 3.8) is 0 Å². The predicted molar refractivity (Wildman–Crippen MR) is 135 cm³/mol. The van der Waals surface area contributed by atoms with Crippen LogP contribution in [0.2, 0.25) is 0 Å². The first-order chi connectivity index (χ1) is 19.4. The number of H-pyrrole nitrogens is 1. The summed E-state index contributed by atoms with van der Waals surface area (Å²) in [7, 11) is -11.0. The average Bonchev–Trinajstić information content (AvgIpc) is 3.21. The summed E-state index contributed by atoms with van der Waals surface area (Å²) in [4.78, 5) is 62.6. The molecule has 0 saturated carbocycles. The quantitative estimate of drug-likeness (QED) is 0.253. The Morgan fingerprint density at radius 1 is 1.00 bits per heavy atom. The second-order valence-electron chi connectivity index (χ2n) is 8.46. The van der Waals surface area contributed by atoms with Gasteiger partial charge in [0.2, 0.25) is 0 Å². The molecule has 41 heavy (non-hydrogen) atoms. The van der Waals surface area contributed by atoms with E-state index in [0.717, 1.165) is 16.8 Å². The van der Waals surface area contributed by atoms with Gasteiger partial charge in [-0.2, -0.15) is 0 Å². The van der Waals surface area contributed by atoms with E-state index in [1.165, 1.54) is 12.1 Å². The Hall–Kier alpha value is -3.43. The number of para-hydroxylation sites is 1. The fraction of sp³-hybridized carbons (Fsp3) is 0.261. The molecule has 18 heteroatoms. The number of carbonyl (C=O) groups excluding carboxylic acids is 1. The van der Waals surface area contributed by atoms with Crippen LogP contribution in [-0.4, -0.2) is 45.7 Å². The summed E-state index contributed by atoms with van der Waals surface area (Å²) in [5.74, 6) is 0. The smallest absolute Gasteiger partial charge is 0.412 e. The van der Waals surface area contributed by atoms with Crippen LogP contribution in [0.4, 0.5) is 10.5 Å². The van der Waals surface area contributed by atoms with Crippen molar-refractivity contribution in [2.45, 2.75) is 31.1 Å².